The monoisotopic (exact) mass is 386 g/mol. The highest BCUT2D eigenvalue weighted by molar-refractivity contribution is 7.92. The smallest absolute Gasteiger partial charge is 0.408 e. The van der Waals surface area contributed by atoms with E-state index in [1.165, 1.54) is 23.7 Å². The first-order valence-corrected chi connectivity index (χ1v) is 9.01. The normalized spacial score (nSPS) is 11.8. The maximum Gasteiger partial charge on any atom is 0.419 e. The van der Waals surface area contributed by atoms with Gasteiger partial charge in [-0.1, -0.05) is 29.3 Å². The summed E-state index contributed by atoms with van der Waals surface area (Å²) in [5.74, 6) is -0.603. The van der Waals surface area contributed by atoms with Crippen molar-refractivity contribution in [2.75, 3.05) is 4.72 Å². The van der Waals surface area contributed by atoms with E-state index in [4.69, 9.17) is 27.6 Å². The van der Waals surface area contributed by atoms with E-state index in [1.54, 1.807) is 25.1 Å². The first-order valence-electron chi connectivity index (χ1n) is 6.78. The first kappa shape index (κ1) is 16.9. The number of sulfonamides is 1. The summed E-state index contributed by atoms with van der Waals surface area (Å²) >= 11 is 12.1. The Bertz CT molecular complexity index is 1120. The van der Waals surface area contributed by atoms with E-state index in [2.05, 4.69) is 4.72 Å². The fraction of sp³-hybridized carbons (Fsp3) is 0.133. The van der Waals surface area contributed by atoms with Crippen LogP contribution in [0.4, 0.5) is 5.69 Å². The second-order valence-electron chi connectivity index (χ2n) is 5.20. The van der Waals surface area contributed by atoms with E-state index < -0.39 is 15.8 Å². The number of oxazole rings is 1. The van der Waals surface area contributed by atoms with Crippen molar-refractivity contribution >= 4 is 50.0 Å². The van der Waals surface area contributed by atoms with Crippen LogP contribution in [0, 0.1) is 6.92 Å². The van der Waals surface area contributed by atoms with Gasteiger partial charge in [0.25, 0.3) is 10.0 Å². The fourth-order valence-electron chi connectivity index (χ4n) is 2.25. The zero-order chi connectivity index (χ0) is 17.6. The molecule has 0 bridgehead atoms. The lowest BCUT2D eigenvalue weighted by molar-refractivity contribution is 0.527. The van der Waals surface area contributed by atoms with Crippen LogP contribution in [0.5, 0.6) is 0 Å². The van der Waals surface area contributed by atoms with Crippen molar-refractivity contribution in [2.45, 2.75) is 11.8 Å². The molecule has 24 heavy (non-hydrogen) atoms. The van der Waals surface area contributed by atoms with Crippen molar-refractivity contribution in [2.24, 2.45) is 7.05 Å². The lowest BCUT2D eigenvalue weighted by atomic mass is 10.2. The van der Waals surface area contributed by atoms with Crippen LogP contribution < -0.4 is 10.5 Å². The van der Waals surface area contributed by atoms with Gasteiger partial charge in [-0.05, 0) is 30.7 Å². The Balaban J connectivity index is 2.13. The predicted molar refractivity (Wildman–Crippen MR) is 93.5 cm³/mol. The van der Waals surface area contributed by atoms with Gasteiger partial charge in [-0.3, -0.25) is 9.29 Å². The average molecular weight is 387 g/mol. The molecule has 3 rings (SSSR count). The molecular weight excluding hydrogens is 375 g/mol. The highest BCUT2D eigenvalue weighted by atomic mass is 35.5. The molecule has 6 nitrogen and oxygen atoms in total. The molecule has 0 aliphatic heterocycles. The van der Waals surface area contributed by atoms with Crippen molar-refractivity contribution in [3.63, 3.8) is 0 Å². The topological polar surface area (TPSA) is 81.3 Å². The van der Waals surface area contributed by atoms with Crippen LogP contribution >= 0.6 is 23.2 Å². The molecule has 0 aliphatic carbocycles. The second-order valence-corrected chi connectivity index (χ2v) is 7.66. The third kappa shape index (κ3) is 2.79. The molecule has 0 fully saturated rings. The van der Waals surface area contributed by atoms with Crippen LogP contribution in [-0.2, 0) is 17.1 Å². The number of rotatable bonds is 3. The van der Waals surface area contributed by atoms with Gasteiger partial charge in [0, 0.05) is 18.1 Å². The summed E-state index contributed by atoms with van der Waals surface area (Å²) in [5, 5.41) is 0.414. The van der Waals surface area contributed by atoms with Gasteiger partial charge < -0.3 is 4.42 Å². The minimum atomic E-state index is -3.99. The molecule has 1 heterocycles. The molecule has 0 amide bonds. The number of anilines is 1. The molecule has 126 valence electrons. The summed E-state index contributed by atoms with van der Waals surface area (Å²) in [6.07, 6.45) is 0. The Labute approximate surface area is 147 Å². The number of aromatic nitrogens is 1. The van der Waals surface area contributed by atoms with Gasteiger partial charge in [-0.2, -0.15) is 0 Å². The maximum absolute atomic E-state index is 12.7. The zero-order valence-corrected chi connectivity index (χ0v) is 15.0. The molecule has 3 aromatic rings. The van der Waals surface area contributed by atoms with Crippen LogP contribution in [0.15, 0.2) is 44.4 Å². The van der Waals surface area contributed by atoms with E-state index in [1.807, 2.05) is 0 Å². The van der Waals surface area contributed by atoms with Gasteiger partial charge in [0.05, 0.1) is 16.2 Å². The molecule has 0 saturated carbocycles. The SMILES string of the molecule is Cc1c(Cl)cccc1NS(=O)(=O)c1cc2oc(=O)n(C)c2cc1Cl. The number of halogens is 2. The highest BCUT2D eigenvalue weighted by Crippen LogP contribution is 2.30. The summed E-state index contributed by atoms with van der Waals surface area (Å²) in [4.78, 5) is 11.4. The van der Waals surface area contributed by atoms with E-state index in [9.17, 15) is 13.2 Å². The second kappa shape index (κ2) is 5.84. The third-order valence-corrected chi connectivity index (χ3v) is 5.89. The van der Waals surface area contributed by atoms with Gasteiger partial charge >= 0.3 is 5.76 Å². The Kier molecular flexibility index (Phi) is 4.11. The summed E-state index contributed by atoms with van der Waals surface area (Å²) in [6.45, 7) is 1.70. The number of hydrogen-bond acceptors (Lipinski definition) is 4. The van der Waals surface area contributed by atoms with E-state index in [0.29, 0.717) is 21.8 Å². The zero-order valence-electron chi connectivity index (χ0n) is 12.6. The maximum atomic E-state index is 12.7. The van der Waals surface area contributed by atoms with E-state index in [0.717, 1.165) is 0 Å². The average Bonchev–Trinajstić information content (AvgIpc) is 2.78. The number of nitrogens with one attached hydrogen (secondary N) is 1. The summed E-state index contributed by atoms with van der Waals surface area (Å²) in [7, 11) is -2.48. The molecule has 0 atom stereocenters. The molecule has 0 unspecified atom stereocenters. The molecule has 0 spiro atoms. The largest absolute Gasteiger partial charge is 0.419 e. The lowest BCUT2D eigenvalue weighted by Gasteiger charge is -2.12. The Morgan fingerprint density at radius 3 is 2.58 bits per heavy atom. The quantitative estimate of drug-likeness (QED) is 0.745. The predicted octanol–water partition coefficient (Wildman–Crippen LogP) is 3.55. The molecule has 0 aliphatic rings. The van der Waals surface area contributed by atoms with Gasteiger partial charge in [0.1, 0.15) is 4.90 Å². The number of benzene rings is 2. The van der Waals surface area contributed by atoms with E-state index in [-0.39, 0.29) is 15.5 Å². The molecule has 1 N–H and O–H groups in total. The summed E-state index contributed by atoms with van der Waals surface area (Å²) in [6, 6.07) is 7.48. The minimum Gasteiger partial charge on any atom is -0.408 e. The lowest BCUT2D eigenvalue weighted by Crippen LogP contribution is -2.14. The molecule has 2 aromatic carbocycles. The van der Waals surface area contributed by atoms with Crippen LogP contribution in [-0.4, -0.2) is 13.0 Å². The number of hydrogen-bond donors (Lipinski definition) is 1. The summed E-state index contributed by atoms with van der Waals surface area (Å²) in [5.41, 5.74) is 1.47. The molecule has 0 saturated heterocycles. The van der Waals surface area contributed by atoms with Crippen LogP contribution in [0.1, 0.15) is 5.56 Å². The van der Waals surface area contributed by atoms with Gasteiger partial charge in [0.15, 0.2) is 5.58 Å². The van der Waals surface area contributed by atoms with Gasteiger partial charge in [-0.15, -0.1) is 0 Å². The number of aryl methyl sites for hydroxylation is 1. The van der Waals surface area contributed by atoms with Crippen molar-refractivity contribution < 1.29 is 12.8 Å². The number of fused-ring (bicyclic) bond motifs is 1. The van der Waals surface area contributed by atoms with Crippen molar-refractivity contribution in [3.8, 4) is 0 Å². The van der Waals surface area contributed by atoms with Crippen LogP contribution in [0.3, 0.4) is 0 Å². The Morgan fingerprint density at radius 1 is 1.17 bits per heavy atom. The summed E-state index contributed by atoms with van der Waals surface area (Å²) < 4.78 is 34.0. The van der Waals surface area contributed by atoms with Gasteiger partial charge in [-0.25, -0.2) is 13.2 Å². The minimum absolute atomic E-state index is 0.0221. The Hall–Kier alpha value is -1.96. The van der Waals surface area contributed by atoms with Crippen molar-refractivity contribution in [3.05, 3.63) is 56.5 Å². The third-order valence-electron chi connectivity index (χ3n) is 3.65. The van der Waals surface area contributed by atoms with Crippen LogP contribution in [0.25, 0.3) is 11.1 Å². The van der Waals surface area contributed by atoms with Crippen molar-refractivity contribution in [1.29, 1.82) is 0 Å². The van der Waals surface area contributed by atoms with Gasteiger partial charge in [0.2, 0.25) is 0 Å². The van der Waals surface area contributed by atoms with Crippen molar-refractivity contribution in [1.82, 2.24) is 4.57 Å². The molecular formula is C15H12Cl2N2O4S. The highest BCUT2D eigenvalue weighted by Gasteiger charge is 2.22. The molecule has 9 heteroatoms. The Morgan fingerprint density at radius 2 is 1.88 bits per heavy atom. The molecule has 0 radical (unpaired) electrons. The fourth-order valence-corrected chi connectivity index (χ4v) is 4.09. The standard InChI is InChI=1S/C15H12Cl2N2O4S/c1-8-9(16)4-3-5-11(8)18-24(21,22)14-7-13-12(6-10(14)17)19(2)15(20)23-13/h3-7,18H,1-2H3. The number of nitrogens with zero attached hydrogens (tertiary/aromatic N) is 1. The molecule has 1 aromatic heterocycles. The van der Waals surface area contributed by atoms with E-state index >= 15 is 0 Å². The van der Waals surface area contributed by atoms with Crippen LogP contribution in [0.2, 0.25) is 10.0 Å². The first-order chi connectivity index (χ1) is 11.2.